The fourth-order valence-corrected chi connectivity index (χ4v) is 8.53. The van der Waals surface area contributed by atoms with Gasteiger partial charge in [0, 0.05) is 0 Å². The van der Waals surface area contributed by atoms with Crippen molar-refractivity contribution in [3.63, 3.8) is 0 Å². The lowest BCUT2D eigenvalue weighted by Gasteiger charge is -2.61. The van der Waals surface area contributed by atoms with Crippen molar-refractivity contribution in [2.45, 2.75) is 81.1 Å². The molecule has 1 amide bonds. The number of anilines is 1. The van der Waals surface area contributed by atoms with E-state index in [9.17, 15) is 24.7 Å². The number of fused-ring (bicyclic) bond motifs is 1. The van der Waals surface area contributed by atoms with E-state index in [4.69, 9.17) is 31.9 Å². The van der Waals surface area contributed by atoms with Crippen LogP contribution in [0.15, 0.2) is 6.33 Å². The molecule has 16 heteroatoms. The number of aliphatic hydroxyl groups is 3. The molecule has 4 saturated carbocycles. The lowest BCUT2D eigenvalue weighted by atomic mass is 9.46. The van der Waals surface area contributed by atoms with Gasteiger partial charge in [0.2, 0.25) is 11.2 Å². The minimum absolute atomic E-state index is 0.0127. The highest BCUT2D eigenvalue weighted by Crippen LogP contribution is 2.62. The van der Waals surface area contributed by atoms with Gasteiger partial charge in [-0.2, -0.15) is 9.97 Å². The fourth-order valence-electron chi connectivity index (χ4n) is 7.78. The Labute approximate surface area is 228 Å². The van der Waals surface area contributed by atoms with E-state index >= 15 is 0 Å². The Kier molecular flexibility index (Phi) is 6.61. The van der Waals surface area contributed by atoms with Crippen LogP contribution in [0.4, 0.5) is 5.82 Å². The number of nitrogens with one attached hydrogen (secondary N) is 1. The number of amides is 1. The Balaban J connectivity index is 1.24. The minimum atomic E-state index is -4.34. The maximum atomic E-state index is 13.4. The molecular weight excluding hydrogens is 555 g/mol. The van der Waals surface area contributed by atoms with Gasteiger partial charge in [-0.05, 0) is 73.8 Å². The van der Waals surface area contributed by atoms with Crippen LogP contribution in [-0.4, -0.2) is 86.6 Å². The van der Waals surface area contributed by atoms with Gasteiger partial charge in [0.1, 0.15) is 12.2 Å². The summed E-state index contributed by atoms with van der Waals surface area (Å²) in [4.78, 5) is 44.3. The summed E-state index contributed by atoms with van der Waals surface area (Å²) in [5.74, 6) is 0.240. The zero-order valence-corrected chi connectivity index (χ0v) is 22.6. The Bertz CT molecular complexity index is 1340. The molecule has 1 saturated heterocycles. The van der Waals surface area contributed by atoms with E-state index in [1.54, 1.807) is 0 Å². The van der Waals surface area contributed by atoms with Crippen molar-refractivity contribution < 1.29 is 39.2 Å². The van der Waals surface area contributed by atoms with Gasteiger partial charge >= 0.3 is 7.60 Å². The van der Waals surface area contributed by atoms with Crippen molar-refractivity contribution in [2.24, 2.45) is 23.0 Å². The van der Waals surface area contributed by atoms with Gasteiger partial charge in [-0.3, -0.25) is 13.9 Å². The third-order valence-electron chi connectivity index (χ3n) is 8.97. The Morgan fingerprint density at radius 2 is 1.92 bits per heavy atom. The number of nitrogens with two attached hydrogens (primary N) is 1. The molecule has 1 aliphatic heterocycles. The summed E-state index contributed by atoms with van der Waals surface area (Å²) < 4.78 is 18.3. The van der Waals surface area contributed by atoms with E-state index in [0.29, 0.717) is 18.3 Å². The molecule has 8 unspecified atom stereocenters. The average Bonchev–Trinajstić information content (AvgIpc) is 3.36. The number of hydrogen-bond acceptors (Lipinski definition) is 10. The third-order valence-corrected chi connectivity index (χ3v) is 9.98. The second-order valence-corrected chi connectivity index (χ2v) is 14.0. The van der Waals surface area contributed by atoms with Gasteiger partial charge < -0.3 is 40.9 Å². The number of halogens is 1. The molecule has 214 valence electrons. The summed E-state index contributed by atoms with van der Waals surface area (Å²) in [5, 5.41) is 34.6. The van der Waals surface area contributed by atoms with Crippen LogP contribution in [0.2, 0.25) is 5.28 Å². The second-order valence-electron chi connectivity index (χ2n) is 11.9. The molecule has 7 rings (SSSR count). The van der Waals surface area contributed by atoms with E-state index in [2.05, 4.69) is 20.3 Å². The lowest BCUT2D eigenvalue weighted by Crippen LogP contribution is -2.63. The van der Waals surface area contributed by atoms with Gasteiger partial charge in [0.05, 0.1) is 30.2 Å². The fraction of sp³-hybridized carbons (Fsp3) is 0.739. The van der Waals surface area contributed by atoms with Gasteiger partial charge in [-0.1, -0.05) is 0 Å². The van der Waals surface area contributed by atoms with Crippen LogP contribution in [0.3, 0.4) is 0 Å². The predicted octanol–water partition coefficient (Wildman–Crippen LogP) is 0.264. The van der Waals surface area contributed by atoms with Gasteiger partial charge in [-0.25, -0.2) is 4.98 Å². The first kappa shape index (κ1) is 27.4. The third kappa shape index (κ3) is 4.89. The smallest absolute Gasteiger partial charge is 0.325 e. The number of ether oxygens (including phenoxy) is 1. The quantitative estimate of drug-likeness (QED) is 0.171. The molecule has 14 nitrogen and oxygen atoms in total. The van der Waals surface area contributed by atoms with Crippen LogP contribution >= 0.6 is 19.2 Å². The van der Waals surface area contributed by atoms with Crippen LogP contribution in [-0.2, 0) is 14.1 Å². The first-order chi connectivity index (χ1) is 18.3. The predicted molar refractivity (Wildman–Crippen MR) is 136 cm³/mol. The highest BCUT2D eigenvalue weighted by atomic mass is 35.5. The molecule has 3 heterocycles. The van der Waals surface area contributed by atoms with Crippen molar-refractivity contribution in [3.8, 4) is 0 Å². The first-order valence-electron chi connectivity index (χ1n) is 13.0. The number of hydrogen-bond donors (Lipinski definition) is 7. The van der Waals surface area contributed by atoms with Crippen LogP contribution in [0.25, 0.3) is 11.2 Å². The van der Waals surface area contributed by atoms with Crippen molar-refractivity contribution in [1.29, 1.82) is 0 Å². The van der Waals surface area contributed by atoms with Crippen LogP contribution < -0.4 is 11.1 Å². The van der Waals surface area contributed by atoms with Gasteiger partial charge in [0.25, 0.3) is 0 Å². The molecule has 9 atom stereocenters. The van der Waals surface area contributed by atoms with Crippen LogP contribution in [0, 0.1) is 17.3 Å². The molecule has 5 fully saturated rings. The summed E-state index contributed by atoms with van der Waals surface area (Å²) in [5.41, 5.74) is 5.53. The Morgan fingerprint density at radius 1 is 1.23 bits per heavy atom. The molecule has 0 aromatic carbocycles. The monoisotopic (exact) mass is 586 g/mol. The summed E-state index contributed by atoms with van der Waals surface area (Å²) in [7, 11) is -4.34. The second kappa shape index (κ2) is 9.40. The Hall–Kier alpha value is -1.74. The number of aromatic nitrogens is 4. The molecule has 0 spiro atoms. The molecular formula is C23H32ClN6O8P. The standard InChI is InChI=1S/C23H32ClN6O8P/c24-21-28-17(27-19(33)16(25)22-4-10-3-11(5-22)7-23(34,6-10)8-22)13-18(29-21)30(9-26-13)20-15(32)14(31)12(38-20)1-2-39(35,36)37/h9-12,14-16,20,31-32,34H,1-8,25H2,(H2,35,36,37)(H,27,28,29,33)/t10-,11?,12?,14?,15?,16?,20?,22?,23?/m1/s1. The molecule has 2 aromatic heterocycles. The molecule has 4 bridgehead atoms. The summed E-state index contributed by atoms with van der Waals surface area (Å²) >= 11 is 6.17. The lowest BCUT2D eigenvalue weighted by molar-refractivity contribution is -0.172. The molecule has 2 aromatic rings. The Morgan fingerprint density at radius 3 is 2.56 bits per heavy atom. The summed E-state index contributed by atoms with van der Waals surface area (Å²) in [6.07, 6.45) is 0.113. The topological polar surface area (TPSA) is 226 Å². The van der Waals surface area contributed by atoms with Crippen LogP contribution in [0.5, 0.6) is 0 Å². The SMILES string of the molecule is NC(C(=O)Nc1nc(Cl)nc2c1ncn2C1OC(CCP(=O)(O)O)C(O)C1O)C12CC3C[C@@H](CC(O)(C3)C1)C2. The molecule has 8 N–H and O–H groups in total. The van der Waals surface area contributed by atoms with Crippen LogP contribution in [0.1, 0.15) is 51.2 Å². The average molecular weight is 587 g/mol. The zero-order valence-electron chi connectivity index (χ0n) is 20.9. The number of carbonyl (C=O) groups is 1. The van der Waals surface area contributed by atoms with Gasteiger partial charge in [-0.15, -0.1) is 0 Å². The maximum absolute atomic E-state index is 13.4. The van der Waals surface area contributed by atoms with E-state index in [-0.39, 0.29) is 28.7 Å². The number of rotatable bonds is 7. The van der Waals surface area contributed by atoms with E-state index in [0.717, 1.165) is 32.1 Å². The summed E-state index contributed by atoms with van der Waals surface area (Å²) in [6, 6.07) is -0.884. The van der Waals surface area contributed by atoms with Crippen molar-refractivity contribution in [2.75, 3.05) is 11.5 Å². The molecule has 0 radical (unpaired) electrons. The van der Waals surface area contributed by atoms with Crippen molar-refractivity contribution in [1.82, 2.24) is 19.5 Å². The molecule has 5 aliphatic rings. The van der Waals surface area contributed by atoms with E-state index in [1.807, 2.05) is 0 Å². The largest absolute Gasteiger partial charge is 0.390 e. The first-order valence-corrected chi connectivity index (χ1v) is 15.2. The molecule has 39 heavy (non-hydrogen) atoms. The molecule has 4 aliphatic carbocycles. The summed E-state index contributed by atoms with van der Waals surface area (Å²) in [6.45, 7) is 0. The minimum Gasteiger partial charge on any atom is -0.390 e. The number of carbonyl (C=O) groups excluding carboxylic acids is 1. The van der Waals surface area contributed by atoms with E-state index < -0.39 is 61.3 Å². The van der Waals surface area contributed by atoms with Crippen molar-refractivity contribution >= 4 is 42.1 Å². The van der Waals surface area contributed by atoms with Crippen molar-refractivity contribution in [3.05, 3.63) is 11.6 Å². The maximum Gasteiger partial charge on any atom is 0.325 e. The normalized spacial score (nSPS) is 38.4. The number of nitrogens with zero attached hydrogens (tertiary/aromatic N) is 4. The highest BCUT2D eigenvalue weighted by molar-refractivity contribution is 7.51. The van der Waals surface area contributed by atoms with E-state index in [1.165, 1.54) is 10.9 Å². The number of imidazole rings is 1. The number of aliphatic hydroxyl groups excluding tert-OH is 2. The highest BCUT2D eigenvalue weighted by Gasteiger charge is 2.60. The zero-order chi connectivity index (χ0) is 27.9. The van der Waals surface area contributed by atoms with Gasteiger partial charge in [0.15, 0.2) is 23.2 Å².